The summed E-state index contributed by atoms with van der Waals surface area (Å²) >= 11 is 0. The molecule has 2 rings (SSSR count). The Morgan fingerprint density at radius 2 is 1.90 bits per heavy atom. The lowest BCUT2D eigenvalue weighted by Gasteiger charge is -2.06. The fraction of sp³-hybridized carbons (Fsp3) is 0.167. The number of carbonyl (C=O) groups is 2. The number of anilines is 1. The smallest absolute Gasteiger partial charge is 0.251 e. The Kier molecular flexibility index (Phi) is 4.21. The van der Waals surface area contributed by atoms with Gasteiger partial charge in [-0.25, -0.2) is 8.78 Å². The SMILES string of the molecule is Cn1cnnc1NC(=O)CNC(=O)c1cc(F)cc(F)c1. The molecule has 9 heteroatoms. The van der Waals surface area contributed by atoms with E-state index in [1.165, 1.54) is 10.9 Å². The molecule has 7 nitrogen and oxygen atoms in total. The van der Waals surface area contributed by atoms with Gasteiger partial charge in [0.15, 0.2) is 0 Å². The van der Waals surface area contributed by atoms with E-state index in [-0.39, 0.29) is 18.1 Å². The van der Waals surface area contributed by atoms with Crippen molar-refractivity contribution in [2.24, 2.45) is 7.05 Å². The van der Waals surface area contributed by atoms with Crippen LogP contribution >= 0.6 is 0 Å². The third-order valence-corrected chi connectivity index (χ3v) is 2.50. The van der Waals surface area contributed by atoms with Crippen molar-refractivity contribution in [2.75, 3.05) is 11.9 Å². The average molecular weight is 295 g/mol. The van der Waals surface area contributed by atoms with Crippen molar-refractivity contribution in [3.05, 3.63) is 41.7 Å². The van der Waals surface area contributed by atoms with Crippen molar-refractivity contribution in [2.45, 2.75) is 0 Å². The summed E-state index contributed by atoms with van der Waals surface area (Å²) in [6.07, 6.45) is 1.39. The summed E-state index contributed by atoms with van der Waals surface area (Å²) < 4.78 is 27.4. The van der Waals surface area contributed by atoms with Crippen molar-refractivity contribution in [3.8, 4) is 0 Å². The lowest BCUT2D eigenvalue weighted by atomic mass is 10.2. The van der Waals surface area contributed by atoms with Crippen LogP contribution in [-0.2, 0) is 11.8 Å². The molecule has 2 amide bonds. The van der Waals surface area contributed by atoms with Crippen LogP contribution in [0.4, 0.5) is 14.7 Å². The summed E-state index contributed by atoms with van der Waals surface area (Å²) in [5.74, 6) is -2.84. The minimum absolute atomic E-state index is 0.209. The molecule has 21 heavy (non-hydrogen) atoms. The summed E-state index contributed by atoms with van der Waals surface area (Å²) in [7, 11) is 1.63. The first-order valence-corrected chi connectivity index (χ1v) is 5.84. The van der Waals surface area contributed by atoms with Crippen molar-refractivity contribution in [3.63, 3.8) is 0 Å². The van der Waals surface area contributed by atoms with Crippen LogP contribution in [-0.4, -0.2) is 33.1 Å². The molecule has 0 bridgehead atoms. The van der Waals surface area contributed by atoms with Gasteiger partial charge in [0, 0.05) is 18.7 Å². The molecule has 0 aliphatic rings. The third kappa shape index (κ3) is 3.81. The van der Waals surface area contributed by atoms with Gasteiger partial charge in [-0.1, -0.05) is 0 Å². The van der Waals surface area contributed by atoms with Gasteiger partial charge < -0.3 is 9.88 Å². The summed E-state index contributed by atoms with van der Waals surface area (Å²) in [5.41, 5.74) is -0.209. The zero-order valence-electron chi connectivity index (χ0n) is 10.9. The second kappa shape index (κ2) is 6.07. The monoisotopic (exact) mass is 295 g/mol. The van der Waals surface area contributed by atoms with Gasteiger partial charge in [0.25, 0.3) is 5.91 Å². The fourth-order valence-corrected chi connectivity index (χ4v) is 1.51. The predicted molar refractivity (Wildman–Crippen MR) is 68.3 cm³/mol. The molecule has 1 aromatic carbocycles. The van der Waals surface area contributed by atoms with Crippen LogP contribution in [0.1, 0.15) is 10.4 Å². The largest absolute Gasteiger partial charge is 0.343 e. The molecule has 0 atom stereocenters. The van der Waals surface area contributed by atoms with Crippen LogP contribution < -0.4 is 10.6 Å². The molecule has 110 valence electrons. The van der Waals surface area contributed by atoms with E-state index in [1.54, 1.807) is 7.05 Å². The number of halogens is 2. The molecule has 0 saturated heterocycles. The number of benzene rings is 1. The Labute approximate surface area is 118 Å². The molecular formula is C12H11F2N5O2. The van der Waals surface area contributed by atoms with Crippen LogP contribution in [0.25, 0.3) is 0 Å². The normalized spacial score (nSPS) is 10.2. The third-order valence-electron chi connectivity index (χ3n) is 2.50. The zero-order valence-corrected chi connectivity index (χ0v) is 10.9. The van der Waals surface area contributed by atoms with Crippen LogP contribution in [0.15, 0.2) is 24.5 Å². The Morgan fingerprint density at radius 3 is 2.48 bits per heavy atom. The topological polar surface area (TPSA) is 88.9 Å². The number of hydrogen-bond acceptors (Lipinski definition) is 4. The lowest BCUT2D eigenvalue weighted by Crippen LogP contribution is -2.33. The van der Waals surface area contributed by atoms with Crippen molar-refractivity contribution >= 4 is 17.8 Å². The molecule has 0 radical (unpaired) electrons. The molecular weight excluding hydrogens is 284 g/mol. The highest BCUT2D eigenvalue weighted by Crippen LogP contribution is 2.07. The highest BCUT2D eigenvalue weighted by atomic mass is 19.1. The Balaban J connectivity index is 1.91. The van der Waals surface area contributed by atoms with Gasteiger partial charge in [0.1, 0.15) is 18.0 Å². The molecule has 2 N–H and O–H groups in total. The van der Waals surface area contributed by atoms with Gasteiger partial charge in [-0.15, -0.1) is 10.2 Å². The standard InChI is InChI=1S/C12H11F2N5O2/c1-19-6-16-18-12(19)17-10(20)5-15-11(21)7-2-8(13)4-9(14)3-7/h2-4,6H,5H2,1H3,(H,15,21)(H,17,18,20). The number of amides is 2. The van der Waals surface area contributed by atoms with Crippen molar-refractivity contribution in [1.82, 2.24) is 20.1 Å². The average Bonchev–Trinajstić information content (AvgIpc) is 2.80. The van der Waals surface area contributed by atoms with E-state index in [0.29, 0.717) is 6.07 Å². The molecule has 0 aliphatic carbocycles. The summed E-state index contributed by atoms with van der Waals surface area (Å²) in [4.78, 5) is 23.2. The summed E-state index contributed by atoms with van der Waals surface area (Å²) in [5, 5.41) is 11.8. The highest BCUT2D eigenvalue weighted by Gasteiger charge is 2.12. The number of rotatable bonds is 4. The fourth-order valence-electron chi connectivity index (χ4n) is 1.51. The predicted octanol–water partition coefficient (Wildman–Crippen LogP) is 0.462. The van der Waals surface area contributed by atoms with Gasteiger partial charge in [0.2, 0.25) is 11.9 Å². The van der Waals surface area contributed by atoms with Gasteiger partial charge in [-0.2, -0.15) is 0 Å². The van der Waals surface area contributed by atoms with Gasteiger partial charge in [-0.05, 0) is 12.1 Å². The minimum atomic E-state index is -0.872. The number of aryl methyl sites for hydroxylation is 1. The van der Waals surface area contributed by atoms with Gasteiger partial charge in [-0.3, -0.25) is 14.9 Å². The Bertz CT molecular complexity index is 666. The van der Waals surface area contributed by atoms with Gasteiger partial charge in [0.05, 0.1) is 6.54 Å². The zero-order chi connectivity index (χ0) is 15.4. The molecule has 0 aliphatic heterocycles. The maximum absolute atomic E-state index is 13.0. The van der Waals surface area contributed by atoms with Crippen molar-refractivity contribution in [1.29, 1.82) is 0 Å². The van der Waals surface area contributed by atoms with Gasteiger partial charge >= 0.3 is 0 Å². The number of aromatic nitrogens is 3. The molecule has 0 spiro atoms. The molecule has 0 unspecified atom stereocenters. The maximum atomic E-state index is 13.0. The number of nitrogens with one attached hydrogen (secondary N) is 2. The quantitative estimate of drug-likeness (QED) is 0.857. The Hall–Kier alpha value is -2.84. The molecule has 1 heterocycles. The van der Waals surface area contributed by atoms with E-state index in [9.17, 15) is 18.4 Å². The summed E-state index contributed by atoms with van der Waals surface area (Å²) in [6.45, 7) is -0.371. The second-order valence-electron chi connectivity index (χ2n) is 4.15. The first kappa shape index (κ1) is 14.6. The first-order valence-electron chi connectivity index (χ1n) is 5.84. The highest BCUT2D eigenvalue weighted by molar-refractivity contribution is 5.98. The second-order valence-corrected chi connectivity index (χ2v) is 4.15. The minimum Gasteiger partial charge on any atom is -0.343 e. The van der Waals surface area contributed by atoms with Crippen LogP contribution in [0.3, 0.4) is 0 Å². The lowest BCUT2D eigenvalue weighted by molar-refractivity contribution is -0.115. The molecule has 2 aromatic rings. The van der Waals surface area contributed by atoms with E-state index in [2.05, 4.69) is 20.8 Å². The van der Waals surface area contributed by atoms with Crippen molar-refractivity contribution < 1.29 is 18.4 Å². The van der Waals surface area contributed by atoms with E-state index < -0.39 is 23.4 Å². The number of carbonyl (C=O) groups excluding carboxylic acids is 2. The van der Waals surface area contributed by atoms with Crippen LogP contribution in [0, 0.1) is 11.6 Å². The van der Waals surface area contributed by atoms with E-state index in [1.807, 2.05) is 0 Å². The van der Waals surface area contributed by atoms with Crippen LogP contribution in [0.5, 0.6) is 0 Å². The number of nitrogens with zero attached hydrogens (tertiary/aromatic N) is 3. The number of hydrogen-bond donors (Lipinski definition) is 2. The molecule has 1 aromatic heterocycles. The maximum Gasteiger partial charge on any atom is 0.251 e. The molecule has 0 saturated carbocycles. The Morgan fingerprint density at radius 1 is 1.24 bits per heavy atom. The van der Waals surface area contributed by atoms with E-state index in [4.69, 9.17) is 0 Å². The summed E-state index contributed by atoms with van der Waals surface area (Å²) in [6, 6.07) is 2.40. The van der Waals surface area contributed by atoms with E-state index in [0.717, 1.165) is 12.1 Å². The first-order chi connectivity index (χ1) is 9.95. The van der Waals surface area contributed by atoms with Crippen LogP contribution in [0.2, 0.25) is 0 Å². The van der Waals surface area contributed by atoms with E-state index >= 15 is 0 Å². The molecule has 0 fully saturated rings.